The van der Waals surface area contributed by atoms with Crippen LogP contribution in [0.2, 0.25) is 0 Å². The Bertz CT molecular complexity index is 138. The van der Waals surface area contributed by atoms with Gasteiger partial charge in [-0.3, -0.25) is 0 Å². The summed E-state index contributed by atoms with van der Waals surface area (Å²) >= 11 is 0. The molecule has 11 heavy (non-hydrogen) atoms. The van der Waals surface area contributed by atoms with Crippen LogP contribution in [0.5, 0.6) is 0 Å². The predicted molar refractivity (Wildman–Crippen MR) is 48.3 cm³/mol. The quantitative estimate of drug-likeness (QED) is 0.604. The largest absolute Gasteiger partial charge is 0.389 e. The van der Waals surface area contributed by atoms with E-state index in [1.165, 1.54) is 0 Å². The van der Waals surface area contributed by atoms with Crippen molar-refractivity contribution in [3.63, 3.8) is 0 Å². The Morgan fingerprint density at radius 1 is 1.64 bits per heavy atom. The summed E-state index contributed by atoms with van der Waals surface area (Å²) in [4.78, 5) is 0. The highest BCUT2D eigenvalue weighted by atomic mass is 16.3. The van der Waals surface area contributed by atoms with Crippen LogP contribution in [-0.2, 0) is 0 Å². The normalized spacial score (nSPS) is 14.6. The predicted octanol–water partition coefficient (Wildman–Crippen LogP) is 1.30. The van der Waals surface area contributed by atoms with Gasteiger partial charge in [0.1, 0.15) is 0 Å². The van der Waals surface area contributed by atoms with E-state index in [9.17, 15) is 0 Å². The fourth-order valence-electron chi connectivity index (χ4n) is 0.835. The zero-order valence-corrected chi connectivity index (χ0v) is 7.72. The van der Waals surface area contributed by atoms with Crippen molar-refractivity contribution in [2.75, 3.05) is 6.54 Å². The van der Waals surface area contributed by atoms with E-state index in [1.54, 1.807) is 6.92 Å². The maximum atomic E-state index is 9.14. The second-order valence-electron chi connectivity index (χ2n) is 3.88. The molecule has 66 valence electrons. The van der Waals surface area contributed by atoms with Gasteiger partial charge in [0.15, 0.2) is 0 Å². The lowest BCUT2D eigenvalue weighted by Crippen LogP contribution is -2.25. The Labute approximate surface area is 69.1 Å². The molecule has 0 spiro atoms. The molecular formula is C9H19NO. The molecule has 0 rings (SSSR count). The third-order valence-electron chi connectivity index (χ3n) is 1.85. The van der Waals surface area contributed by atoms with Gasteiger partial charge in [-0.2, -0.15) is 0 Å². The van der Waals surface area contributed by atoms with Crippen LogP contribution in [0.3, 0.4) is 0 Å². The smallest absolute Gasteiger partial charge is 0.0719 e. The molecule has 1 unspecified atom stereocenters. The molecule has 0 aliphatic rings. The molecule has 0 heterocycles. The van der Waals surface area contributed by atoms with Crippen molar-refractivity contribution in [2.24, 2.45) is 11.1 Å². The molecular weight excluding hydrogens is 138 g/mol. The molecule has 0 fully saturated rings. The summed E-state index contributed by atoms with van der Waals surface area (Å²) in [5, 5.41) is 9.14. The van der Waals surface area contributed by atoms with Crippen LogP contribution in [-0.4, -0.2) is 17.8 Å². The first-order valence-electron chi connectivity index (χ1n) is 3.95. The SMILES string of the molecule is C=C(CC(C)(C)CN)C(C)O. The zero-order valence-electron chi connectivity index (χ0n) is 7.72. The number of nitrogens with two attached hydrogens (primary N) is 1. The van der Waals surface area contributed by atoms with Crippen molar-refractivity contribution in [3.8, 4) is 0 Å². The van der Waals surface area contributed by atoms with Gasteiger partial charge in [0, 0.05) is 0 Å². The van der Waals surface area contributed by atoms with E-state index in [0.717, 1.165) is 12.0 Å². The van der Waals surface area contributed by atoms with Gasteiger partial charge in [-0.15, -0.1) is 0 Å². The highest BCUT2D eigenvalue weighted by molar-refractivity contribution is 5.03. The molecule has 0 saturated carbocycles. The number of aliphatic hydroxyl groups excluding tert-OH is 1. The first-order valence-corrected chi connectivity index (χ1v) is 3.95. The Morgan fingerprint density at radius 3 is 2.36 bits per heavy atom. The highest BCUT2D eigenvalue weighted by Gasteiger charge is 2.18. The van der Waals surface area contributed by atoms with Gasteiger partial charge in [-0.05, 0) is 30.9 Å². The lowest BCUT2D eigenvalue weighted by atomic mass is 9.85. The maximum absolute atomic E-state index is 9.14. The van der Waals surface area contributed by atoms with Crippen LogP contribution in [0.15, 0.2) is 12.2 Å². The lowest BCUT2D eigenvalue weighted by molar-refractivity contribution is 0.214. The van der Waals surface area contributed by atoms with E-state index in [4.69, 9.17) is 10.8 Å². The van der Waals surface area contributed by atoms with Crippen LogP contribution in [0.4, 0.5) is 0 Å². The standard InChI is InChI=1S/C9H19NO/c1-7(8(2)11)5-9(3,4)6-10/h8,11H,1,5-6,10H2,2-4H3. The second-order valence-corrected chi connectivity index (χ2v) is 3.88. The number of hydrogen-bond donors (Lipinski definition) is 2. The van der Waals surface area contributed by atoms with Crippen LogP contribution in [0.1, 0.15) is 27.2 Å². The molecule has 0 saturated heterocycles. The fourth-order valence-corrected chi connectivity index (χ4v) is 0.835. The molecule has 0 aliphatic heterocycles. The number of aliphatic hydroxyl groups is 1. The average molecular weight is 157 g/mol. The molecule has 3 N–H and O–H groups in total. The molecule has 2 nitrogen and oxygen atoms in total. The van der Waals surface area contributed by atoms with Gasteiger partial charge in [0.25, 0.3) is 0 Å². The lowest BCUT2D eigenvalue weighted by Gasteiger charge is -2.24. The van der Waals surface area contributed by atoms with E-state index >= 15 is 0 Å². The monoisotopic (exact) mass is 157 g/mol. The first-order chi connectivity index (χ1) is 4.89. The fraction of sp³-hybridized carbons (Fsp3) is 0.778. The summed E-state index contributed by atoms with van der Waals surface area (Å²) in [7, 11) is 0. The van der Waals surface area contributed by atoms with Crippen LogP contribution in [0, 0.1) is 5.41 Å². The molecule has 0 aliphatic carbocycles. The third-order valence-corrected chi connectivity index (χ3v) is 1.85. The maximum Gasteiger partial charge on any atom is 0.0719 e. The zero-order chi connectivity index (χ0) is 9.07. The van der Waals surface area contributed by atoms with E-state index < -0.39 is 6.10 Å². The van der Waals surface area contributed by atoms with E-state index in [-0.39, 0.29) is 5.41 Å². The summed E-state index contributed by atoms with van der Waals surface area (Å²) in [5.74, 6) is 0. The molecule has 2 heteroatoms. The summed E-state index contributed by atoms with van der Waals surface area (Å²) in [6, 6.07) is 0. The Kier molecular flexibility index (Phi) is 3.76. The van der Waals surface area contributed by atoms with Gasteiger partial charge in [0.05, 0.1) is 6.10 Å². The number of rotatable bonds is 4. The van der Waals surface area contributed by atoms with Crippen LogP contribution in [0.25, 0.3) is 0 Å². The third kappa shape index (κ3) is 4.17. The van der Waals surface area contributed by atoms with Crippen molar-refractivity contribution in [3.05, 3.63) is 12.2 Å². The van der Waals surface area contributed by atoms with Crippen molar-refractivity contribution in [2.45, 2.75) is 33.3 Å². The van der Waals surface area contributed by atoms with E-state index in [2.05, 4.69) is 20.4 Å². The summed E-state index contributed by atoms with van der Waals surface area (Å²) in [6.07, 6.45) is 0.377. The van der Waals surface area contributed by atoms with Crippen LogP contribution < -0.4 is 5.73 Å². The van der Waals surface area contributed by atoms with Crippen molar-refractivity contribution in [1.29, 1.82) is 0 Å². The molecule has 0 aromatic carbocycles. The molecule has 0 aromatic heterocycles. The molecule has 0 radical (unpaired) electrons. The molecule has 1 atom stereocenters. The van der Waals surface area contributed by atoms with Crippen molar-refractivity contribution < 1.29 is 5.11 Å². The number of hydrogen-bond acceptors (Lipinski definition) is 2. The Hall–Kier alpha value is -0.340. The van der Waals surface area contributed by atoms with Crippen molar-refractivity contribution in [1.82, 2.24) is 0 Å². The topological polar surface area (TPSA) is 46.2 Å². The van der Waals surface area contributed by atoms with Crippen molar-refractivity contribution >= 4 is 0 Å². The van der Waals surface area contributed by atoms with Gasteiger partial charge in [0.2, 0.25) is 0 Å². The first kappa shape index (κ1) is 10.7. The highest BCUT2D eigenvalue weighted by Crippen LogP contribution is 2.24. The van der Waals surface area contributed by atoms with Gasteiger partial charge < -0.3 is 10.8 Å². The van der Waals surface area contributed by atoms with E-state index in [0.29, 0.717) is 6.54 Å². The minimum Gasteiger partial charge on any atom is -0.389 e. The minimum atomic E-state index is -0.416. The molecule has 0 amide bonds. The molecule has 0 bridgehead atoms. The van der Waals surface area contributed by atoms with Gasteiger partial charge in [-0.25, -0.2) is 0 Å². The molecule has 0 aromatic rings. The summed E-state index contributed by atoms with van der Waals surface area (Å²) < 4.78 is 0. The minimum absolute atomic E-state index is 0.0636. The van der Waals surface area contributed by atoms with Crippen LogP contribution >= 0.6 is 0 Å². The summed E-state index contributed by atoms with van der Waals surface area (Å²) in [5.41, 5.74) is 6.46. The summed E-state index contributed by atoms with van der Waals surface area (Å²) in [6.45, 7) is 10.3. The van der Waals surface area contributed by atoms with Gasteiger partial charge in [-0.1, -0.05) is 20.4 Å². The average Bonchev–Trinajstić information content (AvgIpc) is 1.87. The Morgan fingerprint density at radius 2 is 2.09 bits per heavy atom. The van der Waals surface area contributed by atoms with E-state index in [1.807, 2.05) is 0 Å². The van der Waals surface area contributed by atoms with Gasteiger partial charge >= 0.3 is 0 Å². The Balaban J connectivity index is 3.94. The second kappa shape index (κ2) is 3.88.